The van der Waals surface area contributed by atoms with Crippen LogP contribution in [0.15, 0.2) is 24.3 Å². The summed E-state index contributed by atoms with van der Waals surface area (Å²) in [6.45, 7) is 2.55. The predicted molar refractivity (Wildman–Crippen MR) is 101 cm³/mol. The number of nitrogens with one attached hydrogen (secondary N) is 2. The van der Waals surface area contributed by atoms with Crippen LogP contribution >= 0.6 is 0 Å². The Morgan fingerprint density at radius 2 is 1.71 bits per heavy atom. The van der Waals surface area contributed by atoms with Crippen molar-refractivity contribution in [2.24, 2.45) is 0 Å². The molecule has 2 N–H and O–H groups in total. The van der Waals surface area contributed by atoms with Gasteiger partial charge in [-0.25, -0.2) is 0 Å². The van der Waals surface area contributed by atoms with Crippen molar-refractivity contribution in [1.29, 1.82) is 0 Å². The van der Waals surface area contributed by atoms with Crippen LogP contribution < -0.4 is 10.6 Å². The number of hydrogen-bond acceptors (Lipinski definition) is 4. The van der Waals surface area contributed by atoms with Crippen molar-refractivity contribution < 1.29 is 22.8 Å². The largest absolute Gasteiger partial charge is 0.401 e. The first-order valence-corrected chi connectivity index (χ1v) is 9.42. The first-order valence-electron chi connectivity index (χ1n) is 9.42. The van der Waals surface area contributed by atoms with Crippen molar-refractivity contribution in [3.05, 3.63) is 29.8 Å². The van der Waals surface area contributed by atoms with Gasteiger partial charge in [0.15, 0.2) is 0 Å². The molecule has 0 radical (unpaired) electrons. The van der Waals surface area contributed by atoms with Gasteiger partial charge in [0.05, 0.1) is 19.6 Å². The van der Waals surface area contributed by atoms with Crippen molar-refractivity contribution >= 4 is 17.5 Å². The van der Waals surface area contributed by atoms with Gasteiger partial charge in [-0.2, -0.15) is 13.2 Å². The minimum absolute atomic E-state index is 0.0681. The SMILES string of the molecule is CCc1ccccc1NC(=O)CNC(=O)CN1CCCN(CC(F)(F)F)CC1. The quantitative estimate of drug-likeness (QED) is 0.734. The minimum atomic E-state index is -4.21. The summed E-state index contributed by atoms with van der Waals surface area (Å²) in [4.78, 5) is 27.3. The molecule has 1 aromatic rings. The highest BCUT2D eigenvalue weighted by Crippen LogP contribution is 2.17. The highest BCUT2D eigenvalue weighted by atomic mass is 19.4. The summed E-state index contributed by atoms with van der Waals surface area (Å²) < 4.78 is 37.5. The lowest BCUT2D eigenvalue weighted by atomic mass is 10.1. The predicted octanol–water partition coefficient (Wildman–Crippen LogP) is 1.87. The molecule has 1 aliphatic heterocycles. The lowest BCUT2D eigenvalue weighted by Gasteiger charge is -2.22. The zero-order valence-corrected chi connectivity index (χ0v) is 16.0. The number of amides is 2. The molecule has 1 heterocycles. The van der Waals surface area contributed by atoms with E-state index >= 15 is 0 Å². The number of halogens is 3. The molecule has 28 heavy (non-hydrogen) atoms. The van der Waals surface area contributed by atoms with Gasteiger partial charge in [-0.1, -0.05) is 25.1 Å². The second-order valence-electron chi connectivity index (χ2n) is 6.86. The van der Waals surface area contributed by atoms with Gasteiger partial charge in [0.2, 0.25) is 11.8 Å². The van der Waals surface area contributed by atoms with Crippen LogP contribution in [0.1, 0.15) is 18.9 Å². The molecule has 0 bridgehead atoms. The second-order valence-corrected chi connectivity index (χ2v) is 6.86. The van der Waals surface area contributed by atoms with Crippen LogP contribution in [0, 0.1) is 0 Å². The van der Waals surface area contributed by atoms with Gasteiger partial charge in [-0.05, 0) is 37.6 Å². The van der Waals surface area contributed by atoms with E-state index < -0.39 is 12.7 Å². The lowest BCUT2D eigenvalue weighted by Crippen LogP contribution is -2.42. The number of aryl methyl sites for hydroxylation is 1. The molecule has 6 nitrogen and oxygen atoms in total. The smallest absolute Gasteiger partial charge is 0.346 e. The Labute approximate surface area is 163 Å². The Kier molecular flexibility index (Phi) is 8.25. The summed E-state index contributed by atoms with van der Waals surface area (Å²) in [5, 5.41) is 5.35. The van der Waals surface area contributed by atoms with Crippen molar-refractivity contribution in [1.82, 2.24) is 15.1 Å². The summed E-state index contributed by atoms with van der Waals surface area (Å²) in [5.41, 5.74) is 1.73. The van der Waals surface area contributed by atoms with Gasteiger partial charge in [-0.15, -0.1) is 0 Å². The molecule has 9 heteroatoms. The fraction of sp³-hybridized carbons (Fsp3) is 0.579. The maximum Gasteiger partial charge on any atom is 0.401 e. The third kappa shape index (κ3) is 7.85. The fourth-order valence-corrected chi connectivity index (χ4v) is 3.18. The van der Waals surface area contributed by atoms with Crippen LogP contribution in [0.4, 0.5) is 18.9 Å². The molecule has 0 atom stereocenters. The molecule has 1 saturated heterocycles. The van der Waals surface area contributed by atoms with Crippen LogP contribution in [-0.2, 0) is 16.0 Å². The zero-order valence-electron chi connectivity index (χ0n) is 16.0. The van der Waals surface area contributed by atoms with E-state index in [1.54, 1.807) is 0 Å². The molecule has 156 valence electrons. The zero-order chi connectivity index (χ0) is 20.6. The molecule has 1 aromatic carbocycles. The van der Waals surface area contributed by atoms with Crippen LogP contribution in [0.3, 0.4) is 0 Å². The molecule has 0 aliphatic carbocycles. The molecular weight excluding hydrogens is 373 g/mol. The minimum Gasteiger partial charge on any atom is -0.346 e. The molecule has 0 spiro atoms. The number of alkyl halides is 3. The Bertz CT molecular complexity index is 667. The summed E-state index contributed by atoms with van der Waals surface area (Å²) >= 11 is 0. The number of para-hydroxylation sites is 1. The standard InChI is InChI=1S/C19H27F3N4O2/c1-2-15-6-3-4-7-16(15)24-17(27)12-23-18(28)13-25-8-5-9-26(11-10-25)14-19(20,21)22/h3-4,6-7H,2,5,8-14H2,1H3,(H,23,28)(H,24,27). The third-order valence-electron chi connectivity index (χ3n) is 4.57. The van der Waals surface area contributed by atoms with Gasteiger partial charge >= 0.3 is 6.18 Å². The van der Waals surface area contributed by atoms with E-state index in [1.165, 1.54) is 4.90 Å². The van der Waals surface area contributed by atoms with Gasteiger partial charge in [0, 0.05) is 18.8 Å². The molecular formula is C19H27F3N4O2. The van der Waals surface area contributed by atoms with E-state index in [0.29, 0.717) is 26.1 Å². The molecule has 0 aromatic heterocycles. The summed E-state index contributed by atoms with van der Waals surface area (Å²) in [6, 6.07) is 7.46. The Hall–Kier alpha value is -2.13. The Morgan fingerprint density at radius 1 is 1.04 bits per heavy atom. The highest BCUT2D eigenvalue weighted by molar-refractivity contribution is 5.95. The van der Waals surface area contributed by atoms with E-state index in [9.17, 15) is 22.8 Å². The van der Waals surface area contributed by atoms with Crippen molar-refractivity contribution in [3.8, 4) is 0 Å². The van der Waals surface area contributed by atoms with E-state index in [2.05, 4.69) is 10.6 Å². The number of hydrogen-bond donors (Lipinski definition) is 2. The van der Waals surface area contributed by atoms with Crippen LogP contribution in [-0.4, -0.2) is 73.6 Å². The second kappa shape index (κ2) is 10.4. The van der Waals surface area contributed by atoms with Crippen LogP contribution in [0.2, 0.25) is 0 Å². The number of benzene rings is 1. The number of carbonyl (C=O) groups excluding carboxylic acids is 2. The molecule has 1 fully saturated rings. The topological polar surface area (TPSA) is 64.7 Å². The maximum absolute atomic E-state index is 12.5. The Balaban J connectivity index is 1.72. The number of carbonyl (C=O) groups is 2. The molecule has 2 amide bonds. The van der Waals surface area contributed by atoms with Crippen LogP contribution in [0.25, 0.3) is 0 Å². The lowest BCUT2D eigenvalue weighted by molar-refractivity contribution is -0.145. The number of nitrogens with zero attached hydrogens (tertiary/aromatic N) is 2. The fourth-order valence-electron chi connectivity index (χ4n) is 3.18. The first-order chi connectivity index (χ1) is 13.3. The molecule has 0 saturated carbocycles. The Morgan fingerprint density at radius 3 is 2.43 bits per heavy atom. The number of rotatable bonds is 7. The van der Waals surface area contributed by atoms with Gasteiger partial charge in [-0.3, -0.25) is 19.4 Å². The van der Waals surface area contributed by atoms with E-state index in [1.807, 2.05) is 36.1 Å². The van der Waals surface area contributed by atoms with Crippen molar-refractivity contribution in [2.45, 2.75) is 25.9 Å². The van der Waals surface area contributed by atoms with E-state index in [0.717, 1.165) is 17.7 Å². The molecule has 1 aliphatic rings. The van der Waals surface area contributed by atoms with Gasteiger partial charge in [0.25, 0.3) is 0 Å². The average Bonchev–Trinajstić information content (AvgIpc) is 2.84. The normalized spacial score (nSPS) is 16.4. The van der Waals surface area contributed by atoms with Crippen LogP contribution in [0.5, 0.6) is 0 Å². The number of anilines is 1. The third-order valence-corrected chi connectivity index (χ3v) is 4.57. The molecule has 2 rings (SSSR count). The van der Waals surface area contributed by atoms with Crippen molar-refractivity contribution in [2.75, 3.05) is 51.1 Å². The summed E-state index contributed by atoms with van der Waals surface area (Å²) in [5.74, 6) is -0.635. The van der Waals surface area contributed by atoms with Gasteiger partial charge < -0.3 is 10.6 Å². The summed E-state index contributed by atoms with van der Waals surface area (Å²) in [7, 11) is 0. The van der Waals surface area contributed by atoms with Gasteiger partial charge in [0.1, 0.15) is 0 Å². The first kappa shape index (κ1) is 22.2. The highest BCUT2D eigenvalue weighted by Gasteiger charge is 2.31. The average molecular weight is 400 g/mol. The van der Waals surface area contributed by atoms with Crippen molar-refractivity contribution in [3.63, 3.8) is 0 Å². The maximum atomic E-state index is 12.5. The van der Waals surface area contributed by atoms with E-state index in [4.69, 9.17) is 0 Å². The monoisotopic (exact) mass is 400 g/mol. The van der Waals surface area contributed by atoms with E-state index in [-0.39, 0.29) is 31.4 Å². The molecule has 0 unspecified atom stereocenters. The summed E-state index contributed by atoms with van der Waals surface area (Å²) in [6.07, 6.45) is -2.86.